The van der Waals surface area contributed by atoms with Crippen molar-refractivity contribution in [2.24, 2.45) is 11.5 Å². The lowest BCUT2D eigenvalue weighted by atomic mass is 10.1. The minimum absolute atomic E-state index is 0.204. The molecule has 3 amide bonds. The van der Waals surface area contributed by atoms with Crippen LogP contribution in [0, 0.1) is 0 Å². The fraction of sp³-hybridized carbons (Fsp3) is 0.125. The van der Waals surface area contributed by atoms with Gasteiger partial charge in [0.25, 0.3) is 11.5 Å². The predicted octanol–water partition coefficient (Wildman–Crippen LogP) is -0.703. The average molecular weight is 328 g/mol. The minimum Gasteiger partial charge on any atom is -0.370 e. The van der Waals surface area contributed by atoms with Gasteiger partial charge in [-0.3, -0.25) is 23.7 Å². The van der Waals surface area contributed by atoms with Gasteiger partial charge in [-0.05, 0) is 30.3 Å². The summed E-state index contributed by atoms with van der Waals surface area (Å²) in [6.45, 7) is 0. The Kier molecular flexibility index (Phi) is 5.10. The molecule has 0 radical (unpaired) electrons. The molecule has 1 aromatic carbocycles. The number of hydrogen-bond donors (Lipinski definition) is 3. The number of carbonyl (C=O) groups is 3. The predicted molar refractivity (Wildman–Crippen MR) is 86.3 cm³/mol. The number of nitrogens with one attached hydrogen (secondary N) is 1. The number of nitrogens with zero attached hydrogens (tertiary/aromatic N) is 1. The van der Waals surface area contributed by atoms with E-state index in [1.54, 1.807) is 30.5 Å². The van der Waals surface area contributed by atoms with Crippen LogP contribution in [-0.4, -0.2) is 28.3 Å². The number of aromatic nitrogens is 1. The third-order valence-electron chi connectivity index (χ3n) is 3.28. The van der Waals surface area contributed by atoms with Crippen LogP contribution >= 0.6 is 0 Å². The minimum atomic E-state index is -1.17. The van der Waals surface area contributed by atoms with Gasteiger partial charge in [0, 0.05) is 23.5 Å². The van der Waals surface area contributed by atoms with Gasteiger partial charge in [-0.1, -0.05) is 6.07 Å². The zero-order chi connectivity index (χ0) is 17.7. The molecule has 0 saturated heterocycles. The lowest BCUT2D eigenvalue weighted by molar-refractivity contribution is -0.124. The van der Waals surface area contributed by atoms with Crippen LogP contribution in [0.25, 0.3) is 5.69 Å². The number of hydrogen-bond acceptors (Lipinski definition) is 4. The van der Waals surface area contributed by atoms with Gasteiger partial charge < -0.3 is 16.8 Å². The van der Waals surface area contributed by atoms with Gasteiger partial charge in [0.05, 0.1) is 6.42 Å². The van der Waals surface area contributed by atoms with E-state index in [0.29, 0.717) is 5.69 Å². The van der Waals surface area contributed by atoms with Crippen molar-refractivity contribution in [2.45, 2.75) is 12.5 Å². The molecule has 1 heterocycles. The lowest BCUT2D eigenvalue weighted by Crippen LogP contribution is -2.46. The second-order valence-corrected chi connectivity index (χ2v) is 5.05. The van der Waals surface area contributed by atoms with Crippen molar-refractivity contribution in [3.05, 3.63) is 64.6 Å². The third-order valence-corrected chi connectivity index (χ3v) is 3.28. The molecule has 2 rings (SSSR count). The Labute approximate surface area is 137 Å². The van der Waals surface area contributed by atoms with Crippen LogP contribution in [0.4, 0.5) is 0 Å². The summed E-state index contributed by atoms with van der Waals surface area (Å²) < 4.78 is 1.42. The first-order valence-electron chi connectivity index (χ1n) is 7.05. The zero-order valence-corrected chi connectivity index (χ0v) is 12.6. The van der Waals surface area contributed by atoms with Crippen molar-refractivity contribution in [3.8, 4) is 5.69 Å². The van der Waals surface area contributed by atoms with Crippen LogP contribution in [0.3, 0.4) is 0 Å². The Morgan fingerprint density at radius 2 is 1.71 bits per heavy atom. The van der Waals surface area contributed by atoms with Gasteiger partial charge >= 0.3 is 0 Å². The Hall–Kier alpha value is -3.42. The standard InChI is InChI=1S/C16H16N4O4/c17-13(21)9-12(15(18)23)19-16(24)10-4-6-11(7-5-10)20-8-2-1-3-14(20)22/h1-8,12H,9H2,(H2,17,21)(H2,18,23)(H,19,24)/t12-/m0/s1. The summed E-state index contributed by atoms with van der Waals surface area (Å²) in [7, 11) is 0. The number of benzene rings is 1. The SMILES string of the molecule is NC(=O)C[C@H](NC(=O)c1ccc(-n2ccccc2=O)cc1)C(N)=O. The van der Waals surface area contributed by atoms with Crippen LogP contribution in [-0.2, 0) is 9.59 Å². The number of pyridine rings is 1. The summed E-state index contributed by atoms with van der Waals surface area (Å²) >= 11 is 0. The van der Waals surface area contributed by atoms with Gasteiger partial charge in [-0.2, -0.15) is 0 Å². The first kappa shape index (κ1) is 16.9. The van der Waals surface area contributed by atoms with Crippen molar-refractivity contribution < 1.29 is 14.4 Å². The highest BCUT2D eigenvalue weighted by atomic mass is 16.2. The van der Waals surface area contributed by atoms with E-state index < -0.39 is 23.8 Å². The number of primary amides is 2. The second-order valence-electron chi connectivity index (χ2n) is 5.05. The Balaban J connectivity index is 2.17. The fourth-order valence-electron chi connectivity index (χ4n) is 2.08. The summed E-state index contributed by atoms with van der Waals surface area (Å²) in [5, 5.41) is 2.35. The molecule has 124 valence electrons. The number of nitrogens with two attached hydrogens (primary N) is 2. The van der Waals surface area contributed by atoms with E-state index in [-0.39, 0.29) is 17.5 Å². The van der Waals surface area contributed by atoms with Gasteiger partial charge in [0.15, 0.2) is 0 Å². The summed E-state index contributed by atoms with van der Waals surface area (Å²) in [6, 6.07) is 9.74. The zero-order valence-electron chi connectivity index (χ0n) is 12.6. The van der Waals surface area contributed by atoms with Crippen molar-refractivity contribution in [3.63, 3.8) is 0 Å². The molecule has 0 unspecified atom stereocenters. The largest absolute Gasteiger partial charge is 0.370 e. The maximum Gasteiger partial charge on any atom is 0.255 e. The molecule has 8 nitrogen and oxygen atoms in total. The molecule has 8 heteroatoms. The Morgan fingerprint density at radius 3 is 2.25 bits per heavy atom. The normalized spacial score (nSPS) is 11.5. The molecule has 2 aromatic rings. The molecule has 1 atom stereocenters. The average Bonchev–Trinajstić information content (AvgIpc) is 2.54. The van der Waals surface area contributed by atoms with Crippen molar-refractivity contribution in [2.75, 3.05) is 0 Å². The maximum atomic E-state index is 12.1. The van der Waals surface area contributed by atoms with Crippen molar-refractivity contribution in [1.29, 1.82) is 0 Å². The van der Waals surface area contributed by atoms with E-state index in [4.69, 9.17) is 11.5 Å². The summed E-state index contributed by atoms with van der Waals surface area (Å²) in [4.78, 5) is 46.0. The van der Waals surface area contributed by atoms with Gasteiger partial charge in [0.2, 0.25) is 11.8 Å². The molecule has 0 aliphatic heterocycles. The molecule has 24 heavy (non-hydrogen) atoms. The molecule has 1 aromatic heterocycles. The summed E-state index contributed by atoms with van der Waals surface area (Å²) in [5.41, 5.74) is 10.8. The summed E-state index contributed by atoms with van der Waals surface area (Å²) in [6.07, 6.45) is 1.23. The topological polar surface area (TPSA) is 137 Å². The van der Waals surface area contributed by atoms with Crippen LogP contribution < -0.4 is 22.3 Å². The molecule has 0 fully saturated rings. The molecule has 0 aliphatic carbocycles. The van der Waals surface area contributed by atoms with E-state index in [1.165, 1.54) is 22.8 Å². The first-order chi connectivity index (χ1) is 11.4. The molecular formula is C16H16N4O4. The molecule has 0 spiro atoms. The van der Waals surface area contributed by atoms with Crippen molar-refractivity contribution in [1.82, 2.24) is 9.88 Å². The smallest absolute Gasteiger partial charge is 0.255 e. The Bertz CT molecular complexity index is 826. The maximum absolute atomic E-state index is 12.1. The monoisotopic (exact) mass is 328 g/mol. The van der Waals surface area contributed by atoms with E-state index in [9.17, 15) is 19.2 Å². The van der Waals surface area contributed by atoms with Crippen LogP contribution in [0.15, 0.2) is 53.5 Å². The first-order valence-corrected chi connectivity index (χ1v) is 7.05. The number of rotatable bonds is 6. The highest BCUT2D eigenvalue weighted by Gasteiger charge is 2.21. The summed E-state index contributed by atoms with van der Waals surface area (Å²) in [5.74, 6) is -2.18. The Morgan fingerprint density at radius 1 is 1.04 bits per heavy atom. The molecular weight excluding hydrogens is 312 g/mol. The van der Waals surface area contributed by atoms with E-state index in [1.807, 2.05) is 0 Å². The van der Waals surface area contributed by atoms with Gasteiger partial charge in [-0.15, -0.1) is 0 Å². The van der Waals surface area contributed by atoms with Gasteiger partial charge in [0.1, 0.15) is 6.04 Å². The van der Waals surface area contributed by atoms with Crippen LogP contribution in [0.5, 0.6) is 0 Å². The number of amides is 3. The highest BCUT2D eigenvalue weighted by Crippen LogP contribution is 2.08. The molecule has 5 N–H and O–H groups in total. The van der Waals surface area contributed by atoms with E-state index in [0.717, 1.165) is 0 Å². The van der Waals surface area contributed by atoms with Crippen LogP contribution in [0.2, 0.25) is 0 Å². The highest BCUT2D eigenvalue weighted by molar-refractivity contribution is 5.98. The second kappa shape index (κ2) is 7.23. The fourth-order valence-corrected chi connectivity index (χ4v) is 2.08. The molecule has 0 saturated carbocycles. The quantitative estimate of drug-likeness (QED) is 0.645. The molecule has 0 bridgehead atoms. The molecule has 0 aliphatic rings. The van der Waals surface area contributed by atoms with E-state index >= 15 is 0 Å². The van der Waals surface area contributed by atoms with Gasteiger partial charge in [-0.25, -0.2) is 0 Å². The van der Waals surface area contributed by atoms with Crippen molar-refractivity contribution >= 4 is 17.7 Å². The van der Waals surface area contributed by atoms with E-state index in [2.05, 4.69) is 5.32 Å². The number of carbonyl (C=O) groups excluding carboxylic acids is 3. The third kappa shape index (κ3) is 4.07. The lowest BCUT2D eigenvalue weighted by Gasteiger charge is -2.14. The van der Waals surface area contributed by atoms with Crippen LogP contribution in [0.1, 0.15) is 16.8 Å².